The van der Waals surface area contributed by atoms with Crippen molar-refractivity contribution < 1.29 is 0 Å². The van der Waals surface area contributed by atoms with Crippen molar-refractivity contribution in [2.24, 2.45) is 10.9 Å². The molecule has 0 amide bonds. The summed E-state index contributed by atoms with van der Waals surface area (Å²) in [7, 11) is 0. The van der Waals surface area contributed by atoms with E-state index in [1.807, 2.05) is 12.3 Å². The summed E-state index contributed by atoms with van der Waals surface area (Å²) < 4.78 is 0. The van der Waals surface area contributed by atoms with Crippen LogP contribution in [0.2, 0.25) is 0 Å². The van der Waals surface area contributed by atoms with Gasteiger partial charge in [-0.05, 0) is 18.6 Å². The molecule has 0 radical (unpaired) electrons. The maximum absolute atomic E-state index is 4.52. The van der Waals surface area contributed by atoms with Gasteiger partial charge in [0.25, 0.3) is 0 Å². The molecule has 1 N–H and O–H groups in total. The van der Waals surface area contributed by atoms with Gasteiger partial charge < -0.3 is 4.98 Å². The van der Waals surface area contributed by atoms with Crippen molar-refractivity contribution in [1.82, 2.24) is 9.97 Å². The highest BCUT2D eigenvalue weighted by atomic mass is 14.9. The van der Waals surface area contributed by atoms with Gasteiger partial charge in [0.2, 0.25) is 0 Å². The van der Waals surface area contributed by atoms with Gasteiger partial charge in [0.05, 0.1) is 18.1 Å². The van der Waals surface area contributed by atoms with Crippen LogP contribution in [0.3, 0.4) is 0 Å². The molecule has 18 heavy (non-hydrogen) atoms. The van der Waals surface area contributed by atoms with Crippen molar-refractivity contribution >= 4 is 6.21 Å². The van der Waals surface area contributed by atoms with Gasteiger partial charge >= 0.3 is 0 Å². The molecule has 3 rings (SSSR count). The molecule has 0 aromatic carbocycles. The van der Waals surface area contributed by atoms with E-state index in [4.69, 9.17) is 0 Å². The third-order valence-electron chi connectivity index (χ3n) is 3.73. The van der Waals surface area contributed by atoms with Crippen LogP contribution in [0.25, 0.3) is 0 Å². The quantitative estimate of drug-likeness (QED) is 0.847. The molecule has 2 unspecified atom stereocenters. The van der Waals surface area contributed by atoms with Gasteiger partial charge in [-0.3, -0.25) is 4.99 Å². The average Bonchev–Trinajstić information content (AvgIpc) is 2.83. The van der Waals surface area contributed by atoms with E-state index in [0.29, 0.717) is 11.8 Å². The van der Waals surface area contributed by atoms with Crippen molar-refractivity contribution in [3.05, 3.63) is 53.7 Å². The van der Waals surface area contributed by atoms with Crippen LogP contribution in [0.4, 0.5) is 0 Å². The van der Waals surface area contributed by atoms with Gasteiger partial charge in [-0.15, -0.1) is 0 Å². The Balaban J connectivity index is 1.88. The van der Waals surface area contributed by atoms with Crippen LogP contribution < -0.4 is 0 Å². The van der Waals surface area contributed by atoms with Crippen molar-refractivity contribution in [2.45, 2.75) is 25.8 Å². The lowest BCUT2D eigenvalue weighted by Crippen LogP contribution is -2.19. The van der Waals surface area contributed by atoms with Gasteiger partial charge in [0.15, 0.2) is 0 Å². The van der Waals surface area contributed by atoms with Crippen molar-refractivity contribution in [3.8, 4) is 0 Å². The van der Waals surface area contributed by atoms with Crippen LogP contribution in [0.5, 0.6) is 0 Å². The molecule has 0 fully saturated rings. The van der Waals surface area contributed by atoms with E-state index in [9.17, 15) is 0 Å². The molecule has 0 saturated carbocycles. The molecule has 3 heteroatoms. The van der Waals surface area contributed by atoms with Gasteiger partial charge in [-0.2, -0.15) is 0 Å². The number of aromatic amines is 1. The van der Waals surface area contributed by atoms with Crippen LogP contribution in [-0.2, 0) is 0 Å². The zero-order chi connectivity index (χ0) is 12.5. The third kappa shape index (κ3) is 1.86. The molecule has 3 atom stereocenters. The highest BCUT2D eigenvalue weighted by Crippen LogP contribution is 2.31. The molecular weight excluding hydrogens is 222 g/mol. The second kappa shape index (κ2) is 4.41. The van der Waals surface area contributed by atoms with E-state index in [0.717, 1.165) is 11.4 Å². The lowest BCUT2D eigenvalue weighted by Gasteiger charge is -2.24. The summed E-state index contributed by atoms with van der Waals surface area (Å²) in [6, 6.07) is 0.261. The summed E-state index contributed by atoms with van der Waals surface area (Å²) in [6.45, 7) is 4.26. The number of nitrogens with one attached hydrogen (secondary N) is 1. The topological polar surface area (TPSA) is 41.0 Å². The molecule has 0 saturated heterocycles. The molecule has 1 aromatic heterocycles. The smallest absolute Gasteiger partial charge is 0.0925 e. The number of H-pyrrole nitrogens is 1. The van der Waals surface area contributed by atoms with Crippen LogP contribution in [0.1, 0.15) is 24.2 Å². The van der Waals surface area contributed by atoms with Gasteiger partial charge in [-0.25, -0.2) is 4.98 Å². The summed E-state index contributed by atoms with van der Waals surface area (Å²) in [6.07, 6.45) is 14.6. The SMILES string of the molecule is Cc1[nH]cnc1[C@H](C)C1=CC2N=CC=CC2C=C1. The minimum Gasteiger partial charge on any atom is -0.348 e. The summed E-state index contributed by atoms with van der Waals surface area (Å²) in [5.74, 6) is 0.737. The molecule has 0 bridgehead atoms. The fourth-order valence-corrected chi connectivity index (χ4v) is 2.60. The minimum absolute atomic E-state index is 0.261. The number of dihydropyridines is 1. The zero-order valence-corrected chi connectivity index (χ0v) is 10.7. The predicted molar refractivity (Wildman–Crippen MR) is 73.9 cm³/mol. The van der Waals surface area contributed by atoms with Crippen molar-refractivity contribution in [3.63, 3.8) is 0 Å². The van der Waals surface area contributed by atoms with E-state index in [2.05, 4.69) is 53.1 Å². The van der Waals surface area contributed by atoms with Crippen molar-refractivity contribution in [1.29, 1.82) is 0 Å². The Morgan fingerprint density at radius 3 is 3.00 bits per heavy atom. The number of aryl methyl sites for hydroxylation is 1. The first kappa shape index (κ1) is 11.2. The first-order chi connectivity index (χ1) is 8.75. The molecule has 0 spiro atoms. The Morgan fingerprint density at radius 2 is 2.22 bits per heavy atom. The van der Waals surface area contributed by atoms with Crippen molar-refractivity contribution in [2.75, 3.05) is 0 Å². The molecule has 2 heterocycles. The number of nitrogens with zero attached hydrogens (tertiary/aromatic N) is 2. The molecule has 92 valence electrons. The average molecular weight is 239 g/mol. The summed E-state index contributed by atoms with van der Waals surface area (Å²) >= 11 is 0. The number of hydrogen-bond acceptors (Lipinski definition) is 2. The lowest BCUT2D eigenvalue weighted by molar-refractivity contribution is 0.666. The standard InChI is InChI=1S/C15H17N3/c1-10(15-11(2)17-9-18-15)13-6-5-12-4-3-7-16-14(12)8-13/h3-10,12,14H,1-2H3,(H,17,18)/t10-,12?,14?/m1/s1. The van der Waals surface area contributed by atoms with E-state index < -0.39 is 0 Å². The molecule has 1 aliphatic carbocycles. The maximum Gasteiger partial charge on any atom is 0.0925 e. The molecule has 2 aliphatic rings. The second-order valence-electron chi connectivity index (χ2n) is 4.91. The molecule has 3 nitrogen and oxygen atoms in total. The highest BCUT2D eigenvalue weighted by molar-refractivity contribution is 5.73. The number of imidazole rings is 1. The van der Waals surface area contributed by atoms with Crippen LogP contribution >= 0.6 is 0 Å². The zero-order valence-electron chi connectivity index (χ0n) is 10.7. The summed E-state index contributed by atoms with van der Waals surface area (Å²) in [4.78, 5) is 12.1. The highest BCUT2D eigenvalue weighted by Gasteiger charge is 2.23. The summed E-state index contributed by atoms with van der Waals surface area (Å²) in [5.41, 5.74) is 3.57. The van der Waals surface area contributed by atoms with E-state index in [1.54, 1.807) is 6.33 Å². The normalized spacial score (nSPS) is 26.9. The van der Waals surface area contributed by atoms with E-state index in [1.165, 1.54) is 5.57 Å². The Morgan fingerprint density at radius 1 is 1.33 bits per heavy atom. The van der Waals surface area contributed by atoms with Gasteiger partial charge in [0, 0.05) is 23.7 Å². The number of rotatable bonds is 2. The Kier molecular flexibility index (Phi) is 2.74. The monoisotopic (exact) mass is 239 g/mol. The van der Waals surface area contributed by atoms with E-state index in [-0.39, 0.29) is 6.04 Å². The number of aliphatic imine (C=N–C) groups is 1. The molecule has 1 aromatic rings. The number of allylic oxidation sites excluding steroid dienone is 3. The predicted octanol–water partition coefficient (Wildman–Crippen LogP) is 2.94. The molecule has 1 aliphatic heterocycles. The number of fused-ring (bicyclic) bond motifs is 1. The number of aromatic nitrogens is 2. The second-order valence-corrected chi connectivity index (χ2v) is 4.91. The maximum atomic E-state index is 4.52. The lowest BCUT2D eigenvalue weighted by atomic mass is 9.85. The molecular formula is C15H17N3. The van der Waals surface area contributed by atoms with Crippen LogP contribution in [-0.4, -0.2) is 22.2 Å². The first-order valence-corrected chi connectivity index (χ1v) is 6.35. The van der Waals surface area contributed by atoms with Gasteiger partial charge in [-0.1, -0.05) is 31.2 Å². The third-order valence-corrected chi connectivity index (χ3v) is 3.73. The fourth-order valence-electron chi connectivity index (χ4n) is 2.60. The first-order valence-electron chi connectivity index (χ1n) is 6.35. The largest absolute Gasteiger partial charge is 0.348 e. The Labute approximate surface area is 107 Å². The minimum atomic E-state index is 0.261. The van der Waals surface area contributed by atoms with Gasteiger partial charge in [0.1, 0.15) is 0 Å². The Bertz CT molecular complexity index is 560. The fraction of sp³-hybridized carbons (Fsp3) is 0.333. The summed E-state index contributed by atoms with van der Waals surface area (Å²) in [5, 5.41) is 0. The number of hydrogen-bond donors (Lipinski definition) is 1. The van der Waals surface area contributed by atoms with Crippen LogP contribution in [0.15, 0.2) is 47.3 Å². The van der Waals surface area contributed by atoms with Crippen LogP contribution in [0, 0.1) is 12.8 Å². The Hall–Kier alpha value is -1.90. The van der Waals surface area contributed by atoms with E-state index >= 15 is 0 Å².